The number of carbonyl (C=O) groups excluding carboxylic acids is 1. The molecule has 0 atom stereocenters. The zero-order valence-electron chi connectivity index (χ0n) is 16.0. The zero-order valence-corrected chi connectivity index (χ0v) is 16.8. The summed E-state index contributed by atoms with van der Waals surface area (Å²) in [5.74, 6) is -0.160. The normalized spacial score (nSPS) is 16.0. The van der Waals surface area contributed by atoms with Gasteiger partial charge in [-0.3, -0.25) is 9.78 Å². The Kier molecular flexibility index (Phi) is 5.60. The van der Waals surface area contributed by atoms with Gasteiger partial charge in [-0.05, 0) is 30.5 Å². The first kappa shape index (κ1) is 19.5. The van der Waals surface area contributed by atoms with E-state index < -0.39 is 10.0 Å². The van der Waals surface area contributed by atoms with E-state index in [0.717, 1.165) is 10.9 Å². The molecule has 1 aromatic heterocycles. The fraction of sp³-hybridized carbons (Fsp3) is 0.273. The number of nitrogens with zero attached hydrogens (tertiary/aromatic N) is 2. The Balaban J connectivity index is 1.38. The van der Waals surface area contributed by atoms with Gasteiger partial charge in [-0.25, -0.2) is 12.7 Å². The molecular weight excluding hydrogens is 386 g/mol. The minimum absolute atomic E-state index is 0.00649. The Morgan fingerprint density at radius 1 is 1.00 bits per heavy atom. The number of aromatic nitrogens is 1. The Morgan fingerprint density at radius 3 is 2.48 bits per heavy atom. The molecule has 29 heavy (non-hydrogen) atoms. The summed E-state index contributed by atoms with van der Waals surface area (Å²) in [5.41, 5.74) is 2.00. The molecule has 1 aliphatic rings. The average molecular weight is 410 g/mol. The standard InChI is InChI=1S/C22H23N3O3S/c26-22(20-10-4-8-18-9-5-13-23-21(18)20)24-19-11-14-25(15-12-19)29(27,28)16-17-6-2-1-3-7-17/h1-10,13,19H,11-12,14-16H2,(H,24,26). The van der Waals surface area contributed by atoms with Gasteiger partial charge in [0.05, 0.1) is 16.8 Å². The van der Waals surface area contributed by atoms with Crippen molar-refractivity contribution >= 4 is 26.8 Å². The number of fused-ring (bicyclic) bond motifs is 1. The average Bonchev–Trinajstić information content (AvgIpc) is 2.74. The van der Waals surface area contributed by atoms with Crippen molar-refractivity contribution in [3.63, 3.8) is 0 Å². The van der Waals surface area contributed by atoms with Crippen molar-refractivity contribution in [1.29, 1.82) is 0 Å². The summed E-state index contributed by atoms with van der Waals surface area (Å²) in [5, 5.41) is 3.97. The first-order valence-corrected chi connectivity index (χ1v) is 11.3. The maximum atomic E-state index is 12.8. The molecule has 1 amide bonds. The highest BCUT2D eigenvalue weighted by atomic mass is 32.2. The number of nitrogens with one attached hydrogen (secondary N) is 1. The maximum Gasteiger partial charge on any atom is 0.253 e. The van der Waals surface area contributed by atoms with Crippen LogP contribution in [0.5, 0.6) is 0 Å². The predicted octanol–water partition coefficient (Wildman–Crippen LogP) is 2.96. The molecule has 0 aliphatic carbocycles. The highest BCUT2D eigenvalue weighted by Gasteiger charge is 2.29. The van der Waals surface area contributed by atoms with Crippen LogP contribution in [0.15, 0.2) is 66.9 Å². The summed E-state index contributed by atoms with van der Waals surface area (Å²) >= 11 is 0. The molecule has 1 aliphatic heterocycles. The lowest BCUT2D eigenvalue weighted by Crippen LogP contribution is -2.46. The molecule has 7 heteroatoms. The second-order valence-corrected chi connectivity index (χ2v) is 9.24. The van der Waals surface area contributed by atoms with Gasteiger partial charge in [0.25, 0.3) is 5.91 Å². The van der Waals surface area contributed by atoms with Crippen molar-refractivity contribution in [2.24, 2.45) is 0 Å². The van der Waals surface area contributed by atoms with Crippen LogP contribution in [0.25, 0.3) is 10.9 Å². The monoisotopic (exact) mass is 409 g/mol. The van der Waals surface area contributed by atoms with Gasteiger partial charge in [-0.2, -0.15) is 0 Å². The van der Waals surface area contributed by atoms with Gasteiger partial charge >= 0.3 is 0 Å². The molecular formula is C22H23N3O3S. The topological polar surface area (TPSA) is 79.4 Å². The lowest BCUT2D eigenvalue weighted by Gasteiger charge is -2.31. The number of piperidine rings is 1. The fourth-order valence-electron chi connectivity index (χ4n) is 3.71. The molecule has 1 N–H and O–H groups in total. The van der Waals surface area contributed by atoms with Crippen LogP contribution in [0.4, 0.5) is 0 Å². The molecule has 3 aromatic rings. The highest BCUT2D eigenvalue weighted by Crippen LogP contribution is 2.20. The third-order valence-corrected chi connectivity index (χ3v) is 7.10. The summed E-state index contributed by atoms with van der Waals surface area (Å²) in [6.07, 6.45) is 2.87. The Hall–Kier alpha value is -2.77. The first-order chi connectivity index (χ1) is 14.0. The molecule has 0 radical (unpaired) electrons. The van der Waals surface area contributed by atoms with E-state index in [2.05, 4.69) is 10.3 Å². The predicted molar refractivity (Wildman–Crippen MR) is 113 cm³/mol. The Labute approximate surface area is 170 Å². The number of rotatable bonds is 5. The van der Waals surface area contributed by atoms with Crippen molar-refractivity contribution in [2.75, 3.05) is 13.1 Å². The second-order valence-electron chi connectivity index (χ2n) is 7.27. The van der Waals surface area contributed by atoms with E-state index in [4.69, 9.17) is 0 Å². The van der Waals surface area contributed by atoms with Gasteiger partial charge in [0.2, 0.25) is 10.0 Å². The molecule has 150 valence electrons. The van der Waals surface area contributed by atoms with Crippen molar-refractivity contribution in [3.8, 4) is 0 Å². The van der Waals surface area contributed by atoms with Crippen LogP contribution >= 0.6 is 0 Å². The first-order valence-electron chi connectivity index (χ1n) is 9.69. The lowest BCUT2D eigenvalue weighted by atomic mass is 10.0. The smallest absolute Gasteiger partial charge is 0.253 e. The van der Waals surface area contributed by atoms with E-state index in [1.54, 1.807) is 12.3 Å². The van der Waals surface area contributed by atoms with Crippen LogP contribution in [-0.2, 0) is 15.8 Å². The highest BCUT2D eigenvalue weighted by molar-refractivity contribution is 7.88. The van der Waals surface area contributed by atoms with E-state index >= 15 is 0 Å². The van der Waals surface area contributed by atoms with Crippen molar-refractivity contribution in [1.82, 2.24) is 14.6 Å². The SMILES string of the molecule is O=C(NC1CCN(S(=O)(=O)Cc2ccccc2)CC1)c1cccc2cccnc12. The summed E-state index contributed by atoms with van der Waals surface area (Å²) in [4.78, 5) is 17.1. The summed E-state index contributed by atoms with van der Waals surface area (Å²) < 4.78 is 26.9. The number of pyridine rings is 1. The Morgan fingerprint density at radius 2 is 1.72 bits per heavy atom. The number of para-hydroxylation sites is 1. The number of hydrogen-bond acceptors (Lipinski definition) is 4. The van der Waals surface area contributed by atoms with Crippen molar-refractivity contribution < 1.29 is 13.2 Å². The van der Waals surface area contributed by atoms with Crippen LogP contribution in [0.3, 0.4) is 0 Å². The van der Waals surface area contributed by atoms with Crippen molar-refractivity contribution in [2.45, 2.75) is 24.6 Å². The van der Waals surface area contributed by atoms with E-state index in [1.165, 1.54) is 4.31 Å². The van der Waals surface area contributed by atoms with Gasteiger partial charge in [-0.15, -0.1) is 0 Å². The zero-order chi connectivity index (χ0) is 20.3. The molecule has 0 bridgehead atoms. The largest absolute Gasteiger partial charge is 0.349 e. The molecule has 2 aromatic carbocycles. The Bertz CT molecular complexity index is 1100. The molecule has 4 rings (SSSR count). The summed E-state index contributed by atoms with van der Waals surface area (Å²) in [7, 11) is -3.36. The van der Waals surface area contributed by atoms with Crippen LogP contribution in [-0.4, -0.2) is 42.7 Å². The number of sulfonamides is 1. The van der Waals surface area contributed by atoms with Crippen LogP contribution in [0.2, 0.25) is 0 Å². The minimum Gasteiger partial charge on any atom is -0.349 e. The van der Waals surface area contributed by atoms with Crippen molar-refractivity contribution in [3.05, 3.63) is 78.0 Å². The molecule has 2 heterocycles. The molecule has 1 saturated heterocycles. The second kappa shape index (κ2) is 8.31. The third-order valence-electron chi connectivity index (χ3n) is 5.25. The van der Waals surface area contributed by atoms with Crippen LogP contribution in [0, 0.1) is 0 Å². The lowest BCUT2D eigenvalue weighted by molar-refractivity contribution is 0.0925. The van der Waals surface area contributed by atoms with Gasteiger partial charge in [-0.1, -0.05) is 48.5 Å². The van der Waals surface area contributed by atoms with Crippen LogP contribution in [0.1, 0.15) is 28.8 Å². The number of carbonyl (C=O) groups is 1. The van der Waals surface area contributed by atoms with Gasteiger partial charge in [0.1, 0.15) is 0 Å². The van der Waals surface area contributed by atoms with E-state index in [-0.39, 0.29) is 17.7 Å². The quantitative estimate of drug-likeness (QED) is 0.703. The summed E-state index contributed by atoms with van der Waals surface area (Å²) in [6.45, 7) is 0.821. The van der Waals surface area contributed by atoms with Gasteiger partial charge in [0, 0.05) is 30.7 Å². The van der Waals surface area contributed by atoms with Gasteiger partial charge < -0.3 is 5.32 Å². The molecule has 0 unspecified atom stereocenters. The molecule has 0 saturated carbocycles. The number of amides is 1. The van der Waals surface area contributed by atoms with Gasteiger partial charge in [0.15, 0.2) is 0 Å². The fourth-order valence-corrected chi connectivity index (χ4v) is 5.27. The molecule has 0 spiro atoms. The summed E-state index contributed by atoms with van der Waals surface area (Å²) in [6, 6.07) is 18.5. The maximum absolute atomic E-state index is 12.8. The molecule has 1 fully saturated rings. The number of hydrogen-bond donors (Lipinski definition) is 1. The third kappa shape index (κ3) is 4.46. The van der Waals surface area contributed by atoms with E-state index in [0.29, 0.717) is 37.0 Å². The van der Waals surface area contributed by atoms with Crippen LogP contribution < -0.4 is 5.32 Å². The van der Waals surface area contributed by atoms with E-state index in [1.807, 2.05) is 54.6 Å². The molecule has 6 nitrogen and oxygen atoms in total. The van der Waals surface area contributed by atoms with E-state index in [9.17, 15) is 13.2 Å². The number of benzene rings is 2. The minimum atomic E-state index is -3.36.